The number of hydrogen-bond acceptors (Lipinski definition) is 6. The maximum Gasteiger partial charge on any atom is 0.404 e. The molecule has 0 aliphatic heterocycles. The summed E-state index contributed by atoms with van der Waals surface area (Å²) in [5.41, 5.74) is 1.14. The molecular formula is C11H12BrN5O4. The molecule has 2 rings (SSSR count). The molecule has 0 aromatic carbocycles. The van der Waals surface area contributed by atoms with Gasteiger partial charge in [-0.1, -0.05) is 5.16 Å². The second-order valence-electron chi connectivity index (χ2n) is 4.32. The first-order chi connectivity index (χ1) is 9.88. The quantitative estimate of drug-likeness (QED) is 0.647. The van der Waals surface area contributed by atoms with Crippen LogP contribution in [0.25, 0.3) is 0 Å². The van der Waals surface area contributed by atoms with Crippen molar-refractivity contribution in [3.63, 3.8) is 0 Å². The number of halogens is 1. The highest BCUT2D eigenvalue weighted by molar-refractivity contribution is 9.10. The van der Waals surface area contributed by atoms with Crippen LogP contribution >= 0.6 is 15.9 Å². The average Bonchev–Trinajstić information content (AvgIpc) is 2.94. The van der Waals surface area contributed by atoms with Gasteiger partial charge in [-0.15, -0.1) is 0 Å². The van der Waals surface area contributed by atoms with E-state index in [2.05, 4.69) is 31.5 Å². The summed E-state index contributed by atoms with van der Waals surface area (Å²) >= 11 is 3.05. The highest BCUT2D eigenvalue weighted by atomic mass is 79.9. The van der Waals surface area contributed by atoms with Crippen molar-refractivity contribution >= 4 is 33.3 Å². The predicted octanol–water partition coefficient (Wildman–Crippen LogP) is 2.19. The first-order valence-electron chi connectivity index (χ1n) is 5.98. The van der Waals surface area contributed by atoms with Crippen LogP contribution in [-0.4, -0.2) is 25.8 Å². The number of hydrogen-bond donors (Lipinski definition) is 1. The zero-order valence-electron chi connectivity index (χ0n) is 11.3. The molecule has 0 spiro atoms. The van der Waals surface area contributed by atoms with E-state index in [9.17, 15) is 14.9 Å². The second kappa shape index (κ2) is 6.04. The van der Waals surface area contributed by atoms with Crippen molar-refractivity contribution in [1.82, 2.24) is 14.9 Å². The minimum Gasteiger partial charge on any atom is -0.359 e. The van der Waals surface area contributed by atoms with Gasteiger partial charge in [-0.2, -0.15) is 4.68 Å². The van der Waals surface area contributed by atoms with Gasteiger partial charge in [0.1, 0.15) is 15.9 Å². The maximum atomic E-state index is 11.8. The Morgan fingerprint density at radius 3 is 2.81 bits per heavy atom. The molecule has 0 fully saturated rings. The molecule has 0 saturated heterocycles. The van der Waals surface area contributed by atoms with Crippen LogP contribution < -0.4 is 5.32 Å². The fourth-order valence-electron chi connectivity index (χ4n) is 1.70. The number of anilines is 1. The lowest BCUT2D eigenvalue weighted by atomic mass is 10.3. The van der Waals surface area contributed by atoms with Gasteiger partial charge in [0.25, 0.3) is 0 Å². The average molecular weight is 358 g/mol. The molecule has 21 heavy (non-hydrogen) atoms. The molecule has 0 bridgehead atoms. The summed E-state index contributed by atoms with van der Waals surface area (Å²) < 4.78 is 6.56. The third kappa shape index (κ3) is 3.45. The lowest BCUT2D eigenvalue weighted by Gasteiger charge is -2.03. The van der Waals surface area contributed by atoms with Gasteiger partial charge in [0.05, 0.1) is 17.8 Å². The summed E-state index contributed by atoms with van der Waals surface area (Å²) in [5, 5.41) is 20.9. The Labute approximate surface area is 127 Å². The molecule has 2 heterocycles. The van der Waals surface area contributed by atoms with Crippen LogP contribution in [0.2, 0.25) is 0 Å². The van der Waals surface area contributed by atoms with Crippen LogP contribution in [0.3, 0.4) is 0 Å². The van der Waals surface area contributed by atoms with Crippen molar-refractivity contribution in [2.75, 3.05) is 5.32 Å². The number of nitrogens with one attached hydrogen (secondary N) is 1. The fourth-order valence-corrected chi connectivity index (χ4v) is 2.17. The zero-order chi connectivity index (χ0) is 15.6. The lowest BCUT2D eigenvalue weighted by Crippen LogP contribution is -2.15. The van der Waals surface area contributed by atoms with Gasteiger partial charge in [0, 0.05) is 6.42 Å². The van der Waals surface area contributed by atoms with Gasteiger partial charge < -0.3 is 20.0 Å². The highest BCUT2D eigenvalue weighted by Gasteiger charge is 2.19. The first-order valence-corrected chi connectivity index (χ1v) is 6.78. The fraction of sp³-hybridized carbons (Fsp3) is 0.364. The standard InChI is InChI=1S/C11H12BrN5O4/c1-6-10(7(2)21-15-6)13-9(18)3-4-16-5-8(12)11(14-16)17(19)20/h5H,3-4H2,1-2H3,(H,13,18). The lowest BCUT2D eigenvalue weighted by molar-refractivity contribution is -0.390. The van der Waals surface area contributed by atoms with E-state index in [0.29, 0.717) is 17.1 Å². The SMILES string of the molecule is Cc1noc(C)c1NC(=O)CCn1cc(Br)c([N+](=O)[O-])n1. The summed E-state index contributed by atoms with van der Waals surface area (Å²) in [6.45, 7) is 3.64. The zero-order valence-corrected chi connectivity index (χ0v) is 12.9. The second-order valence-corrected chi connectivity index (χ2v) is 5.17. The van der Waals surface area contributed by atoms with E-state index >= 15 is 0 Å². The van der Waals surface area contributed by atoms with Crippen LogP contribution in [0.1, 0.15) is 17.9 Å². The number of aryl methyl sites for hydroxylation is 3. The third-order valence-electron chi connectivity index (χ3n) is 2.74. The van der Waals surface area contributed by atoms with Crippen LogP contribution in [0, 0.1) is 24.0 Å². The minimum atomic E-state index is -0.593. The van der Waals surface area contributed by atoms with Gasteiger partial charge in [-0.25, -0.2) is 0 Å². The summed E-state index contributed by atoms with van der Waals surface area (Å²) in [4.78, 5) is 21.9. The van der Waals surface area contributed by atoms with Crippen molar-refractivity contribution in [2.24, 2.45) is 0 Å². The highest BCUT2D eigenvalue weighted by Crippen LogP contribution is 2.22. The largest absolute Gasteiger partial charge is 0.404 e. The molecular weight excluding hydrogens is 346 g/mol. The molecule has 2 aromatic rings. The molecule has 9 nitrogen and oxygen atoms in total. The van der Waals surface area contributed by atoms with E-state index < -0.39 is 4.92 Å². The maximum absolute atomic E-state index is 11.8. The van der Waals surface area contributed by atoms with Gasteiger partial charge in [-0.05, 0) is 34.7 Å². The van der Waals surface area contributed by atoms with Crippen LogP contribution in [0.4, 0.5) is 11.5 Å². The monoisotopic (exact) mass is 357 g/mol. The number of aromatic nitrogens is 3. The van der Waals surface area contributed by atoms with Gasteiger partial charge in [0.2, 0.25) is 5.91 Å². The summed E-state index contributed by atoms with van der Waals surface area (Å²) in [7, 11) is 0. The number of nitrogens with zero attached hydrogens (tertiary/aromatic N) is 4. The van der Waals surface area contributed by atoms with Crippen molar-refractivity contribution < 1.29 is 14.2 Å². The van der Waals surface area contributed by atoms with Crippen molar-refractivity contribution in [3.05, 3.63) is 32.2 Å². The van der Waals surface area contributed by atoms with E-state index in [4.69, 9.17) is 4.52 Å². The Hall–Kier alpha value is -2.23. The molecule has 0 radical (unpaired) electrons. The van der Waals surface area contributed by atoms with Crippen molar-refractivity contribution in [3.8, 4) is 0 Å². The van der Waals surface area contributed by atoms with E-state index in [1.807, 2.05) is 0 Å². The molecule has 0 saturated carbocycles. The Morgan fingerprint density at radius 1 is 1.57 bits per heavy atom. The molecule has 10 heteroatoms. The van der Waals surface area contributed by atoms with Gasteiger partial charge >= 0.3 is 5.82 Å². The Kier molecular flexibility index (Phi) is 4.36. The normalized spacial score (nSPS) is 10.6. The third-order valence-corrected chi connectivity index (χ3v) is 3.30. The van der Waals surface area contributed by atoms with Gasteiger partial charge in [0.15, 0.2) is 5.76 Å². The number of nitro groups is 1. The molecule has 0 unspecified atom stereocenters. The molecule has 112 valence electrons. The first kappa shape index (κ1) is 15.2. The summed E-state index contributed by atoms with van der Waals surface area (Å²) in [6.07, 6.45) is 1.58. The Balaban J connectivity index is 1.95. The van der Waals surface area contributed by atoms with E-state index in [1.165, 1.54) is 10.9 Å². The molecule has 0 aliphatic rings. The van der Waals surface area contributed by atoms with Crippen LogP contribution in [0.5, 0.6) is 0 Å². The number of amides is 1. The molecule has 1 N–H and O–H groups in total. The van der Waals surface area contributed by atoms with Crippen LogP contribution in [0.15, 0.2) is 15.2 Å². The van der Waals surface area contributed by atoms with Crippen molar-refractivity contribution in [1.29, 1.82) is 0 Å². The molecule has 0 atom stereocenters. The van der Waals surface area contributed by atoms with Crippen LogP contribution in [-0.2, 0) is 11.3 Å². The topological polar surface area (TPSA) is 116 Å². The van der Waals surface area contributed by atoms with Gasteiger partial charge in [-0.3, -0.25) is 4.79 Å². The summed E-state index contributed by atoms with van der Waals surface area (Å²) in [6, 6.07) is 0. The molecule has 0 aliphatic carbocycles. The Bertz CT molecular complexity index is 673. The molecule has 2 aromatic heterocycles. The number of carbonyl (C=O) groups is 1. The van der Waals surface area contributed by atoms with E-state index in [0.717, 1.165) is 0 Å². The van der Waals surface area contributed by atoms with Crippen molar-refractivity contribution in [2.45, 2.75) is 26.8 Å². The predicted molar refractivity (Wildman–Crippen MR) is 75.8 cm³/mol. The minimum absolute atomic E-state index is 0.120. The van der Waals surface area contributed by atoms with E-state index in [-0.39, 0.29) is 29.2 Å². The number of rotatable bonds is 5. The molecule has 1 amide bonds. The smallest absolute Gasteiger partial charge is 0.359 e. The van der Waals surface area contributed by atoms with E-state index in [1.54, 1.807) is 13.8 Å². The number of carbonyl (C=O) groups excluding carboxylic acids is 1. The Morgan fingerprint density at radius 2 is 2.29 bits per heavy atom. The summed E-state index contributed by atoms with van der Waals surface area (Å²) in [5.74, 6) is -0.00173.